The summed E-state index contributed by atoms with van der Waals surface area (Å²) in [7, 11) is 4.92. The molecule has 1 aliphatic rings. The lowest BCUT2D eigenvalue weighted by Gasteiger charge is -2.40. The Hall–Kier alpha value is 0.250. The average Bonchev–Trinajstić information content (AvgIpc) is 2.46. The third kappa shape index (κ3) is 7.88. The van der Waals surface area contributed by atoms with Crippen LogP contribution in [-0.4, -0.2) is 37.0 Å². The highest BCUT2D eigenvalue weighted by molar-refractivity contribution is 6.17. The Morgan fingerprint density at radius 3 is 1.80 bits per heavy atom. The molecule has 1 fully saturated rings. The van der Waals surface area contributed by atoms with Crippen molar-refractivity contribution in [1.29, 1.82) is 0 Å². The first-order valence-electron chi connectivity index (χ1n) is 9.05. The first kappa shape index (κ1) is 18.3. The summed E-state index contributed by atoms with van der Waals surface area (Å²) in [4.78, 5) is 0. The van der Waals surface area contributed by atoms with E-state index < -0.39 is 0 Å². The van der Waals surface area contributed by atoms with Crippen LogP contribution in [0.1, 0.15) is 83.5 Å². The van der Waals surface area contributed by atoms with E-state index in [4.69, 9.17) is 11.6 Å². The van der Waals surface area contributed by atoms with Gasteiger partial charge in [0.1, 0.15) is 0 Å². The van der Waals surface area contributed by atoms with Crippen molar-refractivity contribution in [3.05, 3.63) is 0 Å². The molecule has 0 saturated heterocycles. The lowest BCUT2D eigenvalue weighted by atomic mass is 9.93. The van der Waals surface area contributed by atoms with E-state index in [2.05, 4.69) is 14.1 Å². The smallest absolute Gasteiger partial charge is 0.0886 e. The summed E-state index contributed by atoms with van der Waals surface area (Å²) in [5.74, 6) is 0.841. The Balaban J connectivity index is 1.96. The van der Waals surface area contributed by atoms with E-state index in [1.807, 2.05) is 0 Å². The second-order valence-corrected chi connectivity index (χ2v) is 7.69. The number of hydrogen-bond donors (Lipinski definition) is 0. The van der Waals surface area contributed by atoms with Gasteiger partial charge in [-0.05, 0) is 44.9 Å². The molecule has 1 rings (SSSR count). The van der Waals surface area contributed by atoms with Gasteiger partial charge >= 0.3 is 0 Å². The van der Waals surface area contributed by atoms with Gasteiger partial charge in [-0.2, -0.15) is 0 Å². The number of nitrogens with zero attached hydrogens (tertiary/aromatic N) is 1. The van der Waals surface area contributed by atoms with E-state index >= 15 is 0 Å². The number of quaternary nitrogens is 1. The van der Waals surface area contributed by atoms with Gasteiger partial charge in [-0.25, -0.2) is 0 Å². The summed E-state index contributed by atoms with van der Waals surface area (Å²) >= 11 is 5.69. The molecular formula is C18H37ClN+. The molecule has 0 atom stereocenters. The normalized spacial score (nSPS) is 17.6. The molecule has 0 bridgehead atoms. The number of unbranched alkanes of at least 4 members (excludes halogenated alkanes) is 7. The average molecular weight is 303 g/mol. The van der Waals surface area contributed by atoms with Gasteiger partial charge in [-0.1, -0.05) is 38.5 Å². The monoisotopic (exact) mass is 302 g/mol. The molecule has 0 heterocycles. The summed E-state index contributed by atoms with van der Waals surface area (Å²) in [6, 6.07) is 0.944. The Kier molecular flexibility index (Phi) is 9.98. The largest absolute Gasteiger partial charge is 0.326 e. The fourth-order valence-corrected chi connectivity index (χ4v) is 3.83. The minimum Gasteiger partial charge on any atom is -0.326 e. The van der Waals surface area contributed by atoms with Gasteiger partial charge < -0.3 is 4.48 Å². The minimum absolute atomic E-state index is 0.841. The summed E-state index contributed by atoms with van der Waals surface area (Å²) in [5, 5.41) is 0. The van der Waals surface area contributed by atoms with E-state index in [-0.39, 0.29) is 0 Å². The molecule has 0 spiro atoms. The zero-order chi connectivity index (χ0) is 14.7. The van der Waals surface area contributed by atoms with Gasteiger partial charge in [0, 0.05) is 5.88 Å². The van der Waals surface area contributed by atoms with Gasteiger partial charge in [0.05, 0.1) is 26.7 Å². The zero-order valence-corrected chi connectivity index (χ0v) is 14.8. The minimum atomic E-state index is 0.841. The molecule has 0 aliphatic heterocycles. The van der Waals surface area contributed by atoms with Crippen LogP contribution in [0.3, 0.4) is 0 Å². The second kappa shape index (κ2) is 10.9. The van der Waals surface area contributed by atoms with E-state index in [1.54, 1.807) is 0 Å². The van der Waals surface area contributed by atoms with Crippen LogP contribution in [0.4, 0.5) is 0 Å². The molecule has 1 nitrogen and oxygen atoms in total. The predicted octanol–water partition coefficient (Wildman–Crippen LogP) is 5.76. The predicted molar refractivity (Wildman–Crippen MR) is 91.5 cm³/mol. The van der Waals surface area contributed by atoms with Crippen LogP contribution >= 0.6 is 11.6 Å². The molecule has 0 N–H and O–H groups in total. The van der Waals surface area contributed by atoms with Crippen LogP contribution < -0.4 is 0 Å². The van der Waals surface area contributed by atoms with Crippen molar-refractivity contribution in [2.45, 2.75) is 89.5 Å². The molecule has 0 aromatic rings. The summed E-state index contributed by atoms with van der Waals surface area (Å²) in [6.45, 7) is 1.39. The highest BCUT2D eigenvalue weighted by atomic mass is 35.5. The molecule has 0 radical (unpaired) electrons. The maximum Gasteiger partial charge on any atom is 0.0886 e. The van der Waals surface area contributed by atoms with Crippen molar-refractivity contribution in [3.63, 3.8) is 0 Å². The highest BCUT2D eigenvalue weighted by Gasteiger charge is 2.28. The van der Waals surface area contributed by atoms with Crippen molar-refractivity contribution in [3.8, 4) is 0 Å². The molecule has 0 aromatic heterocycles. The van der Waals surface area contributed by atoms with Crippen LogP contribution in [0.5, 0.6) is 0 Å². The maximum absolute atomic E-state index is 5.69. The third-order valence-corrected chi connectivity index (χ3v) is 5.45. The number of halogens is 1. The van der Waals surface area contributed by atoms with Crippen LogP contribution in [0.15, 0.2) is 0 Å². The van der Waals surface area contributed by atoms with Gasteiger partial charge in [-0.3, -0.25) is 0 Å². The van der Waals surface area contributed by atoms with Crippen LogP contribution in [0, 0.1) is 0 Å². The molecule has 1 aliphatic carbocycles. The Morgan fingerprint density at radius 1 is 0.750 bits per heavy atom. The lowest BCUT2D eigenvalue weighted by Crippen LogP contribution is -2.50. The van der Waals surface area contributed by atoms with E-state index in [1.165, 1.54) is 94.5 Å². The van der Waals surface area contributed by atoms with Gasteiger partial charge in [-0.15, -0.1) is 11.6 Å². The molecule has 0 amide bonds. The maximum atomic E-state index is 5.69. The molecule has 1 saturated carbocycles. The molecule has 120 valence electrons. The molecule has 0 aromatic carbocycles. The summed E-state index contributed by atoms with van der Waals surface area (Å²) in [6.07, 6.45) is 18.4. The Bertz CT molecular complexity index is 221. The van der Waals surface area contributed by atoms with E-state index in [0.717, 1.165) is 11.9 Å². The van der Waals surface area contributed by atoms with Crippen LogP contribution in [0.25, 0.3) is 0 Å². The highest BCUT2D eigenvalue weighted by Crippen LogP contribution is 2.26. The second-order valence-electron chi connectivity index (χ2n) is 7.31. The molecule has 0 unspecified atom stereocenters. The Morgan fingerprint density at radius 2 is 1.25 bits per heavy atom. The van der Waals surface area contributed by atoms with Crippen LogP contribution in [-0.2, 0) is 0 Å². The van der Waals surface area contributed by atoms with Crippen molar-refractivity contribution >= 4 is 11.6 Å². The van der Waals surface area contributed by atoms with Gasteiger partial charge in [0.15, 0.2) is 0 Å². The fourth-order valence-electron chi connectivity index (χ4n) is 3.64. The quantitative estimate of drug-likeness (QED) is 0.259. The van der Waals surface area contributed by atoms with Crippen LogP contribution in [0.2, 0.25) is 0 Å². The first-order valence-corrected chi connectivity index (χ1v) is 9.59. The van der Waals surface area contributed by atoms with Crippen molar-refractivity contribution < 1.29 is 4.48 Å². The Labute approximate surface area is 132 Å². The third-order valence-electron chi connectivity index (χ3n) is 5.18. The van der Waals surface area contributed by atoms with Gasteiger partial charge in [0.25, 0.3) is 0 Å². The fraction of sp³-hybridized carbons (Fsp3) is 1.00. The van der Waals surface area contributed by atoms with Crippen molar-refractivity contribution in [2.75, 3.05) is 26.5 Å². The van der Waals surface area contributed by atoms with Gasteiger partial charge in [0.2, 0.25) is 0 Å². The number of alkyl halides is 1. The van der Waals surface area contributed by atoms with Crippen molar-refractivity contribution in [1.82, 2.24) is 0 Å². The lowest BCUT2D eigenvalue weighted by molar-refractivity contribution is -0.916. The molecule has 2 heteroatoms. The molecular weight excluding hydrogens is 266 g/mol. The number of hydrogen-bond acceptors (Lipinski definition) is 0. The zero-order valence-electron chi connectivity index (χ0n) is 14.0. The first-order chi connectivity index (χ1) is 9.67. The summed E-state index contributed by atoms with van der Waals surface area (Å²) in [5.41, 5.74) is 0. The number of rotatable bonds is 11. The topological polar surface area (TPSA) is 0 Å². The standard InChI is InChI=1S/C18H37ClN/c1-20(2,18-14-10-9-11-15-18)17-13-8-6-4-3-5-7-12-16-19/h18H,3-17H2,1-2H3/q+1. The van der Waals surface area contributed by atoms with E-state index in [9.17, 15) is 0 Å². The van der Waals surface area contributed by atoms with Crippen molar-refractivity contribution in [2.24, 2.45) is 0 Å². The SMILES string of the molecule is C[N+](C)(CCCCCCCCCCCl)C1CCCCC1. The van der Waals surface area contributed by atoms with E-state index in [0.29, 0.717) is 0 Å². The molecule has 20 heavy (non-hydrogen) atoms. The summed E-state index contributed by atoms with van der Waals surface area (Å²) < 4.78 is 1.27.